The second-order valence-electron chi connectivity index (χ2n) is 5.43. The Hall–Kier alpha value is -2.93. The third kappa shape index (κ3) is 3.32. The maximum absolute atomic E-state index is 5.74. The molecule has 0 radical (unpaired) electrons. The third-order valence-corrected chi connectivity index (χ3v) is 4.63. The van der Waals surface area contributed by atoms with Crippen LogP contribution in [0.3, 0.4) is 0 Å². The van der Waals surface area contributed by atoms with Gasteiger partial charge in [0.05, 0.1) is 11.4 Å². The van der Waals surface area contributed by atoms with Crippen molar-refractivity contribution in [3.63, 3.8) is 0 Å². The molecule has 0 N–H and O–H groups in total. The monoisotopic (exact) mass is 349 g/mol. The Bertz CT molecular complexity index is 980. The molecule has 2 aromatic carbocycles. The molecule has 0 spiro atoms. The molecule has 0 atom stereocenters. The number of thioether (sulfide) groups is 1. The molecule has 0 aliphatic heterocycles. The summed E-state index contributed by atoms with van der Waals surface area (Å²) in [5, 5.41) is 17.2. The van der Waals surface area contributed by atoms with Crippen LogP contribution in [0.1, 0.15) is 11.5 Å². The summed E-state index contributed by atoms with van der Waals surface area (Å²) >= 11 is 1.51. The van der Waals surface area contributed by atoms with Gasteiger partial charge in [-0.25, -0.2) is 0 Å². The second kappa shape index (κ2) is 6.90. The van der Waals surface area contributed by atoms with Gasteiger partial charge in [0, 0.05) is 5.56 Å². The van der Waals surface area contributed by atoms with Crippen LogP contribution in [-0.4, -0.2) is 25.0 Å². The Balaban J connectivity index is 1.51. The number of aryl methyl sites for hydroxylation is 1. The van der Waals surface area contributed by atoms with E-state index in [4.69, 9.17) is 4.42 Å². The summed E-state index contributed by atoms with van der Waals surface area (Å²) in [6.07, 6.45) is 1.72. The minimum atomic E-state index is 0.525. The number of hydrogen-bond donors (Lipinski definition) is 0. The van der Waals surface area contributed by atoms with Crippen LogP contribution < -0.4 is 0 Å². The van der Waals surface area contributed by atoms with Crippen molar-refractivity contribution in [1.82, 2.24) is 25.0 Å². The zero-order valence-corrected chi connectivity index (χ0v) is 14.3. The van der Waals surface area contributed by atoms with Gasteiger partial charge in [-0.05, 0) is 30.7 Å². The van der Waals surface area contributed by atoms with Gasteiger partial charge in [-0.2, -0.15) is 0 Å². The summed E-state index contributed by atoms with van der Waals surface area (Å²) < 4.78 is 7.70. The average molecular weight is 349 g/mol. The highest BCUT2D eigenvalue weighted by Crippen LogP contribution is 2.25. The van der Waals surface area contributed by atoms with Gasteiger partial charge in [-0.1, -0.05) is 48.2 Å². The minimum Gasteiger partial charge on any atom is -0.420 e. The van der Waals surface area contributed by atoms with Gasteiger partial charge < -0.3 is 4.42 Å². The van der Waals surface area contributed by atoms with Crippen molar-refractivity contribution in [2.24, 2.45) is 0 Å². The van der Waals surface area contributed by atoms with Crippen molar-refractivity contribution in [3.05, 3.63) is 72.4 Å². The Kier molecular flexibility index (Phi) is 4.30. The molecule has 0 amide bonds. The second-order valence-corrected chi connectivity index (χ2v) is 6.37. The number of nitrogens with zero attached hydrogens (tertiary/aromatic N) is 5. The van der Waals surface area contributed by atoms with Crippen molar-refractivity contribution >= 4 is 11.8 Å². The molecule has 0 aliphatic carbocycles. The van der Waals surface area contributed by atoms with Crippen molar-refractivity contribution in [2.75, 3.05) is 0 Å². The van der Waals surface area contributed by atoms with Crippen LogP contribution in [0.4, 0.5) is 0 Å². The zero-order valence-electron chi connectivity index (χ0n) is 13.5. The molecular formula is C18H15N5OS. The highest BCUT2D eigenvalue weighted by molar-refractivity contribution is 7.98. The zero-order chi connectivity index (χ0) is 17.1. The fourth-order valence-corrected chi connectivity index (χ4v) is 3.22. The molecule has 2 heterocycles. The van der Waals surface area contributed by atoms with Crippen LogP contribution in [0.5, 0.6) is 0 Å². The molecular weight excluding hydrogens is 334 g/mol. The fourth-order valence-electron chi connectivity index (χ4n) is 2.46. The number of para-hydroxylation sites is 1. The molecule has 6 nitrogen and oxygen atoms in total. The molecule has 0 saturated carbocycles. The first kappa shape index (κ1) is 15.6. The van der Waals surface area contributed by atoms with Gasteiger partial charge in [0.2, 0.25) is 11.8 Å². The van der Waals surface area contributed by atoms with Gasteiger partial charge >= 0.3 is 0 Å². The lowest BCUT2D eigenvalue weighted by Gasteiger charge is -2.08. The fraction of sp³-hybridized carbons (Fsp3) is 0.111. The van der Waals surface area contributed by atoms with Crippen molar-refractivity contribution < 1.29 is 4.42 Å². The molecule has 4 aromatic rings. The number of rotatable bonds is 5. The van der Waals surface area contributed by atoms with E-state index in [0.717, 1.165) is 22.0 Å². The van der Waals surface area contributed by atoms with E-state index >= 15 is 0 Å². The smallest absolute Gasteiger partial charge is 0.247 e. The molecule has 25 heavy (non-hydrogen) atoms. The van der Waals surface area contributed by atoms with Crippen LogP contribution in [-0.2, 0) is 5.75 Å². The van der Waals surface area contributed by atoms with E-state index < -0.39 is 0 Å². The Morgan fingerprint density at radius 1 is 0.960 bits per heavy atom. The highest BCUT2D eigenvalue weighted by atomic mass is 32.2. The summed E-state index contributed by atoms with van der Waals surface area (Å²) in [6, 6.07) is 17.8. The minimum absolute atomic E-state index is 0.525. The normalized spacial score (nSPS) is 10.9. The first-order valence-corrected chi connectivity index (χ1v) is 8.76. The molecule has 0 aliphatic rings. The molecule has 0 unspecified atom stereocenters. The van der Waals surface area contributed by atoms with Gasteiger partial charge in [0.15, 0.2) is 5.16 Å². The summed E-state index contributed by atoms with van der Waals surface area (Å²) in [4.78, 5) is 0. The van der Waals surface area contributed by atoms with E-state index in [9.17, 15) is 0 Å². The van der Waals surface area contributed by atoms with Crippen molar-refractivity contribution in [1.29, 1.82) is 0 Å². The summed E-state index contributed by atoms with van der Waals surface area (Å²) in [6.45, 7) is 2.06. The van der Waals surface area contributed by atoms with Crippen LogP contribution in [0, 0.1) is 6.92 Å². The van der Waals surface area contributed by atoms with Crippen LogP contribution in [0.25, 0.3) is 17.1 Å². The molecule has 2 aromatic heterocycles. The van der Waals surface area contributed by atoms with Crippen molar-refractivity contribution in [2.45, 2.75) is 17.8 Å². The maximum atomic E-state index is 5.74. The molecule has 7 heteroatoms. The number of benzene rings is 2. The van der Waals surface area contributed by atoms with E-state index in [1.165, 1.54) is 11.8 Å². The van der Waals surface area contributed by atoms with Gasteiger partial charge in [0.1, 0.15) is 6.33 Å². The van der Waals surface area contributed by atoms with Gasteiger partial charge in [0.25, 0.3) is 0 Å². The highest BCUT2D eigenvalue weighted by Gasteiger charge is 2.13. The van der Waals surface area contributed by atoms with E-state index in [1.54, 1.807) is 6.33 Å². The topological polar surface area (TPSA) is 69.6 Å². The third-order valence-electron chi connectivity index (χ3n) is 3.70. The van der Waals surface area contributed by atoms with Crippen molar-refractivity contribution in [3.8, 4) is 17.1 Å². The first-order valence-electron chi connectivity index (χ1n) is 7.78. The predicted molar refractivity (Wildman–Crippen MR) is 95.4 cm³/mol. The average Bonchev–Trinajstić information content (AvgIpc) is 3.30. The molecule has 124 valence electrons. The lowest BCUT2D eigenvalue weighted by molar-refractivity contribution is 0.528. The van der Waals surface area contributed by atoms with Gasteiger partial charge in [-0.3, -0.25) is 4.57 Å². The molecule has 0 saturated heterocycles. The van der Waals surface area contributed by atoms with E-state index in [2.05, 4.69) is 33.4 Å². The van der Waals surface area contributed by atoms with Crippen LogP contribution in [0.2, 0.25) is 0 Å². The maximum Gasteiger partial charge on any atom is 0.247 e. The Morgan fingerprint density at radius 3 is 2.60 bits per heavy atom. The summed E-state index contributed by atoms with van der Waals surface area (Å²) in [5.74, 6) is 1.62. The predicted octanol–water partition coefficient (Wildman–Crippen LogP) is 3.92. The Labute approximate surface area is 148 Å². The lowest BCUT2D eigenvalue weighted by Crippen LogP contribution is -1.97. The Morgan fingerprint density at radius 2 is 1.76 bits per heavy atom. The quantitative estimate of drug-likeness (QED) is 0.509. The molecule has 0 fully saturated rings. The van der Waals surface area contributed by atoms with E-state index in [0.29, 0.717) is 17.5 Å². The SMILES string of the molecule is Cc1ccccc1-n1cnnc1SCc1nnc(-c2ccccc2)o1. The van der Waals surface area contributed by atoms with Crippen LogP contribution >= 0.6 is 11.8 Å². The summed E-state index contributed by atoms with van der Waals surface area (Å²) in [5.41, 5.74) is 3.13. The number of hydrogen-bond acceptors (Lipinski definition) is 6. The van der Waals surface area contributed by atoms with E-state index in [-0.39, 0.29) is 0 Å². The van der Waals surface area contributed by atoms with Crippen LogP contribution in [0.15, 0.2) is 70.5 Å². The largest absolute Gasteiger partial charge is 0.420 e. The lowest BCUT2D eigenvalue weighted by atomic mass is 10.2. The van der Waals surface area contributed by atoms with Gasteiger partial charge in [-0.15, -0.1) is 20.4 Å². The number of aromatic nitrogens is 5. The summed E-state index contributed by atoms with van der Waals surface area (Å²) in [7, 11) is 0. The van der Waals surface area contributed by atoms with E-state index in [1.807, 2.05) is 53.1 Å². The molecule has 4 rings (SSSR count). The first-order chi connectivity index (χ1) is 12.3. The molecule has 0 bridgehead atoms. The standard InChI is InChI=1S/C18H15N5OS/c1-13-7-5-6-10-15(13)23-12-19-22-18(23)25-11-16-20-21-17(24-16)14-8-3-2-4-9-14/h2-10,12H,11H2,1H3.